The van der Waals surface area contributed by atoms with Gasteiger partial charge in [0.05, 0.1) is 20.2 Å². The molecule has 0 N–H and O–H groups in total. The quantitative estimate of drug-likeness (QED) is 0.778. The van der Waals surface area contributed by atoms with Crippen molar-refractivity contribution in [1.29, 1.82) is 0 Å². The van der Waals surface area contributed by atoms with Crippen LogP contribution in [-0.4, -0.2) is 8.96 Å². The van der Waals surface area contributed by atoms with Gasteiger partial charge in [-0.15, -0.1) is 0 Å². The largest absolute Gasteiger partial charge is 0.244 e. The van der Waals surface area contributed by atoms with Crippen molar-refractivity contribution < 1.29 is 4.21 Å². The van der Waals surface area contributed by atoms with Crippen LogP contribution in [0.3, 0.4) is 0 Å². The van der Waals surface area contributed by atoms with Crippen LogP contribution in [0.15, 0.2) is 63.9 Å². The van der Waals surface area contributed by atoms with Gasteiger partial charge in [-0.05, 0) is 61.6 Å². The fourth-order valence-corrected chi connectivity index (χ4v) is 6.65. The molecule has 4 heteroatoms. The second-order valence-electron chi connectivity index (χ2n) is 6.07. The Morgan fingerprint density at radius 1 is 1.00 bits per heavy atom. The summed E-state index contributed by atoms with van der Waals surface area (Å²) in [4.78, 5) is 0.859. The highest BCUT2D eigenvalue weighted by Gasteiger charge is 2.63. The van der Waals surface area contributed by atoms with Crippen molar-refractivity contribution >= 4 is 27.0 Å². The van der Waals surface area contributed by atoms with Gasteiger partial charge in [0, 0.05) is 9.92 Å². The third-order valence-corrected chi connectivity index (χ3v) is 8.00. The summed E-state index contributed by atoms with van der Waals surface area (Å²) in [7, 11) is -2.43. The van der Waals surface area contributed by atoms with E-state index in [1.165, 1.54) is 0 Å². The molecule has 2 bridgehead atoms. The van der Waals surface area contributed by atoms with Gasteiger partial charge in [-0.3, -0.25) is 0 Å². The molecule has 3 aliphatic rings. The van der Waals surface area contributed by atoms with Crippen molar-refractivity contribution in [1.82, 2.24) is 0 Å². The SMILES string of the molecule is O=S(=Nc1ccc(Cl)cc1)(c1ccccc1)C12CC(C1)C2. The van der Waals surface area contributed by atoms with Gasteiger partial charge in [-0.1, -0.05) is 29.8 Å². The maximum Gasteiger partial charge on any atom is 0.0859 e. The summed E-state index contributed by atoms with van der Waals surface area (Å²) in [5, 5.41) is 0.672. The summed E-state index contributed by atoms with van der Waals surface area (Å²) in [6, 6.07) is 17.0. The van der Waals surface area contributed by atoms with Crippen molar-refractivity contribution in [2.24, 2.45) is 10.3 Å². The number of hydrogen-bond donors (Lipinski definition) is 0. The van der Waals surface area contributed by atoms with Gasteiger partial charge < -0.3 is 0 Å². The van der Waals surface area contributed by atoms with Crippen molar-refractivity contribution in [3.63, 3.8) is 0 Å². The van der Waals surface area contributed by atoms with Gasteiger partial charge in [0.25, 0.3) is 0 Å². The molecule has 0 spiro atoms. The smallest absolute Gasteiger partial charge is 0.0859 e. The summed E-state index contributed by atoms with van der Waals surface area (Å²) < 4.78 is 18.4. The van der Waals surface area contributed by atoms with Crippen LogP contribution in [0.4, 0.5) is 5.69 Å². The second-order valence-corrected chi connectivity index (χ2v) is 9.08. The minimum atomic E-state index is -2.43. The Balaban J connectivity index is 1.88. The molecule has 5 rings (SSSR count). The Morgan fingerprint density at radius 2 is 1.62 bits per heavy atom. The number of halogens is 1. The van der Waals surface area contributed by atoms with Gasteiger partial charge in [0.2, 0.25) is 0 Å². The van der Waals surface area contributed by atoms with Gasteiger partial charge >= 0.3 is 0 Å². The van der Waals surface area contributed by atoms with Gasteiger partial charge in [-0.2, -0.15) is 4.36 Å². The van der Waals surface area contributed by atoms with Gasteiger partial charge in [0.1, 0.15) is 0 Å². The van der Waals surface area contributed by atoms with E-state index in [0.717, 1.165) is 35.8 Å². The van der Waals surface area contributed by atoms with Crippen molar-refractivity contribution in [3.8, 4) is 0 Å². The molecule has 1 unspecified atom stereocenters. The van der Waals surface area contributed by atoms with E-state index in [1.54, 1.807) is 12.1 Å². The lowest BCUT2D eigenvalue weighted by atomic mass is 9.55. The highest BCUT2D eigenvalue weighted by atomic mass is 35.5. The highest BCUT2D eigenvalue weighted by Crippen LogP contribution is 2.64. The van der Waals surface area contributed by atoms with Crippen molar-refractivity contribution in [3.05, 3.63) is 59.6 Å². The monoisotopic (exact) mass is 317 g/mol. The molecule has 2 nitrogen and oxygen atoms in total. The minimum absolute atomic E-state index is 0.0986. The Hall–Kier alpha value is -1.32. The molecule has 0 saturated heterocycles. The van der Waals surface area contributed by atoms with Crippen LogP contribution in [-0.2, 0) is 9.73 Å². The second kappa shape index (κ2) is 4.59. The van der Waals surface area contributed by atoms with E-state index < -0.39 is 9.73 Å². The van der Waals surface area contributed by atoms with Gasteiger partial charge in [-0.25, -0.2) is 4.21 Å². The van der Waals surface area contributed by atoms with E-state index in [2.05, 4.69) is 0 Å². The summed E-state index contributed by atoms with van der Waals surface area (Å²) in [5.41, 5.74) is 0.748. The third kappa shape index (κ3) is 1.95. The molecule has 108 valence electrons. The van der Waals surface area contributed by atoms with Crippen molar-refractivity contribution in [2.75, 3.05) is 0 Å². The molecular formula is C17H16ClNOS. The van der Waals surface area contributed by atoms with E-state index in [9.17, 15) is 4.21 Å². The van der Waals surface area contributed by atoms with Crippen molar-refractivity contribution in [2.45, 2.75) is 28.9 Å². The lowest BCUT2D eigenvalue weighted by molar-refractivity contribution is 0.0516. The summed E-state index contributed by atoms with van der Waals surface area (Å²) in [5.74, 6) is 0.773. The minimum Gasteiger partial charge on any atom is -0.244 e. The first kappa shape index (κ1) is 13.4. The number of rotatable bonds is 3. The number of benzene rings is 2. The zero-order valence-corrected chi connectivity index (χ0v) is 13.1. The van der Waals surface area contributed by atoms with E-state index >= 15 is 0 Å². The van der Waals surface area contributed by atoms with Crippen LogP contribution >= 0.6 is 11.6 Å². The van der Waals surface area contributed by atoms with E-state index in [-0.39, 0.29) is 4.75 Å². The first-order valence-electron chi connectivity index (χ1n) is 7.19. The fraction of sp³-hybridized carbons (Fsp3) is 0.294. The Kier molecular flexibility index (Phi) is 2.92. The summed E-state index contributed by atoms with van der Waals surface area (Å²) in [6.45, 7) is 0. The fourth-order valence-electron chi connectivity index (χ4n) is 3.39. The molecule has 0 aromatic heterocycles. The van der Waals surface area contributed by atoms with E-state index in [4.69, 9.17) is 16.0 Å². The standard InChI is InChI=1S/C17H16ClNOS/c18-14-6-8-15(9-7-14)19-21(20,16-4-2-1-3-5-16)17-10-13(11-17)12-17/h1-9,13H,10-12H2. The van der Waals surface area contributed by atoms with Crippen LogP contribution in [0.25, 0.3) is 0 Å². The first-order chi connectivity index (χ1) is 10.1. The maximum atomic E-state index is 13.8. The lowest BCUT2D eigenvalue weighted by Crippen LogP contribution is -2.62. The molecule has 0 radical (unpaired) electrons. The molecule has 0 heterocycles. The average molecular weight is 318 g/mol. The predicted octanol–water partition coefficient (Wildman–Crippen LogP) is 5.05. The molecular weight excluding hydrogens is 302 g/mol. The zero-order valence-electron chi connectivity index (χ0n) is 11.5. The first-order valence-corrected chi connectivity index (χ1v) is 9.08. The molecule has 3 fully saturated rings. The molecule has 3 aliphatic carbocycles. The molecule has 3 saturated carbocycles. The number of nitrogens with zero attached hydrogens (tertiary/aromatic N) is 1. The molecule has 0 amide bonds. The van der Waals surface area contributed by atoms with E-state index in [0.29, 0.717) is 5.02 Å². The highest BCUT2D eigenvalue weighted by molar-refractivity contribution is 7.95. The normalized spacial score (nSPS) is 28.9. The zero-order chi connectivity index (χ0) is 14.5. The molecule has 2 aromatic rings. The lowest BCUT2D eigenvalue weighted by Gasteiger charge is -2.62. The maximum absolute atomic E-state index is 13.8. The predicted molar refractivity (Wildman–Crippen MR) is 86.5 cm³/mol. The van der Waals surface area contributed by atoms with Crippen LogP contribution in [0.1, 0.15) is 19.3 Å². The van der Waals surface area contributed by atoms with Crippen LogP contribution in [0.2, 0.25) is 5.02 Å². The van der Waals surface area contributed by atoms with Crippen LogP contribution < -0.4 is 0 Å². The Bertz CT molecular complexity index is 774. The number of hydrogen-bond acceptors (Lipinski definition) is 2. The van der Waals surface area contributed by atoms with E-state index in [1.807, 2.05) is 42.5 Å². The van der Waals surface area contributed by atoms with Crippen LogP contribution in [0.5, 0.6) is 0 Å². The Labute approximate surface area is 130 Å². The molecule has 0 aliphatic heterocycles. The molecule has 21 heavy (non-hydrogen) atoms. The van der Waals surface area contributed by atoms with Gasteiger partial charge in [0.15, 0.2) is 0 Å². The topological polar surface area (TPSA) is 29.4 Å². The van der Waals surface area contributed by atoms with Crippen LogP contribution in [0, 0.1) is 5.92 Å². The molecule has 1 atom stereocenters. The summed E-state index contributed by atoms with van der Waals surface area (Å²) >= 11 is 5.92. The summed E-state index contributed by atoms with van der Waals surface area (Å²) in [6.07, 6.45) is 3.16. The Morgan fingerprint density at radius 3 is 2.14 bits per heavy atom. The average Bonchev–Trinajstić information content (AvgIpc) is 2.39. The third-order valence-electron chi connectivity index (χ3n) is 4.69. The molecule has 2 aromatic carbocycles.